The average Bonchev–Trinajstić information content (AvgIpc) is 3.02. The van der Waals surface area contributed by atoms with E-state index in [0.29, 0.717) is 23.7 Å². The van der Waals surface area contributed by atoms with Crippen molar-refractivity contribution in [2.24, 2.45) is 0 Å². The predicted molar refractivity (Wildman–Crippen MR) is 119 cm³/mol. The number of fused-ring (bicyclic) bond motifs is 1. The molecule has 3 aromatic rings. The van der Waals surface area contributed by atoms with E-state index >= 15 is 0 Å². The van der Waals surface area contributed by atoms with Crippen molar-refractivity contribution < 1.29 is 14.3 Å². The van der Waals surface area contributed by atoms with Crippen LogP contribution < -0.4 is 9.47 Å². The number of aryl methyl sites for hydroxylation is 2. The summed E-state index contributed by atoms with van der Waals surface area (Å²) in [7, 11) is 0. The molecule has 0 spiro atoms. The Morgan fingerprint density at radius 1 is 1.00 bits per heavy atom. The van der Waals surface area contributed by atoms with E-state index in [1.165, 1.54) is 11.1 Å². The van der Waals surface area contributed by atoms with E-state index in [9.17, 15) is 4.79 Å². The van der Waals surface area contributed by atoms with Crippen LogP contribution >= 0.6 is 15.9 Å². The van der Waals surface area contributed by atoms with Gasteiger partial charge in [-0.15, -0.1) is 0 Å². The Morgan fingerprint density at radius 3 is 2.52 bits per heavy atom. The Bertz CT molecular complexity index is 1130. The Labute approximate surface area is 179 Å². The molecule has 1 aliphatic heterocycles. The second-order valence-electron chi connectivity index (χ2n) is 7.28. The largest absolute Gasteiger partial charge is 0.488 e. The average molecular weight is 449 g/mol. The summed E-state index contributed by atoms with van der Waals surface area (Å²) >= 11 is 3.42. The Kier molecular flexibility index (Phi) is 5.29. The molecule has 0 amide bonds. The SMILES string of the molecule is Cc1ccc(C)c(COc2ccc3c(c2C)O/C(=C\c2ccc(Br)cc2)C3=O)c1. The Balaban J connectivity index is 1.58. The van der Waals surface area contributed by atoms with Gasteiger partial charge in [-0.25, -0.2) is 0 Å². The molecule has 4 rings (SSSR count). The van der Waals surface area contributed by atoms with Gasteiger partial charge < -0.3 is 9.47 Å². The van der Waals surface area contributed by atoms with Crippen LogP contribution in [-0.4, -0.2) is 5.78 Å². The van der Waals surface area contributed by atoms with Crippen molar-refractivity contribution >= 4 is 27.8 Å². The highest BCUT2D eigenvalue weighted by Crippen LogP contribution is 2.39. The maximum absolute atomic E-state index is 12.7. The van der Waals surface area contributed by atoms with Gasteiger partial charge in [0.15, 0.2) is 5.76 Å². The molecule has 0 saturated heterocycles. The number of carbonyl (C=O) groups excluding carboxylic acids is 1. The Morgan fingerprint density at radius 2 is 1.76 bits per heavy atom. The summed E-state index contributed by atoms with van der Waals surface area (Å²) in [5, 5.41) is 0. The van der Waals surface area contributed by atoms with Crippen LogP contribution in [0.2, 0.25) is 0 Å². The van der Waals surface area contributed by atoms with Gasteiger partial charge >= 0.3 is 0 Å². The minimum atomic E-state index is -0.105. The number of hydrogen-bond acceptors (Lipinski definition) is 3. The zero-order valence-corrected chi connectivity index (χ0v) is 18.2. The molecule has 4 heteroatoms. The van der Waals surface area contributed by atoms with Crippen molar-refractivity contribution in [2.45, 2.75) is 27.4 Å². The number of carbonyl (C=O) groups is 1. The third kappa shape index (κ3) is 3.99. The molecule has 0 aromatic heterocycles. The van der Waals surface area contributed by atoms with E-state index in [1.807, 2.05) is 37.3 Å². The first-order valence-electron chi connectivity index (χ1n) is 9.45. The number of hydrogen-bond donors (Lipinski definition) is 0. The van der Waals surface area contributed by atoms with E-state index in [4.69, 9.17) is 9.47 Å². The third-order valence-electron chi connectivity index (χ3n) is 5.09. The van der Waals surface area contributed by atoms with Gasteiger partial charge in [0, 0.05) is 10.0 Å². The molecule has 0 atom stereocenters. The standard InChI is InChI=1S/C25H21BrO3/c1-15-4-5-16(2)19(12-15)14-28-22-11-10-21-24(27)23(29-25(21)17(22)3)13-18-6-8-20(26)9-7-18/h4-13H,14H2,1-3H3/b23-13-. The molecule has 0 N–H and O–H groups in total. The molecule has 3 aromatic carbocycles. The van der Waals surface area contributed by atoms with Crippen molar-refractivity contribution in [3.8, 4) is 11.5 Å². The molecule has 146 valence electrons. The molecule has 29 heavy (non-hydrogen) atoms. The maximum Gasteiger partial charge on any atom is 0.231 e. The molecule has 0 radical (unpaired) electrons. The highest BCUT2D eigenvalue weighted by molar-refractivity contribution is 9.10. The predicted octanol–water partition coefficient (Wildman–Crippen LogP) is 6.57. The van der Waals surface area contributed by atoms with Gasteiger partial charge in [0.1, 0.15) is 18.1 Å². The van der Waals surface area contributed by atoms with Crippen LogP contribution in [0.3, 0.4) is 0 Å². The van der Waals surface area contributed by atoms with E-state index in [2.05, 4.69) is 48.0 Å². The van der Waals surface area contributed by atoms with Crippen molar-refractivity contribution in [2.75, 3.05) is 0 Å². The summed E-state index contributed by atoms with van der Waals surface area (Å²) < 4.78 is 13.0. The van der Waals surface area contributed by atoms with E-state index < -0.39 is 0 Å². The monoisotopic (exact) mass is 448 g/mol. The van der Waals surface area contributed by atoms with Crippen molar-refractivity contribution in [1.29, 1.82) is 0 Å². The molecule has 0 fully saturated rings. The fourth-order valence-electron chi connectivity index (χ4n) is 3.35. The molecule has 0 saturated carbocycles. The van der Waals surface area contributed by atoms with Gasteiger partial charge in [-0.05, 0) is 67.8 Å². The topological polar surface area (TPSA) is 35.5 Å². The van der Waals surface area contributed by atoms with Gasteiger partial charge in [0.2, 0.25) is 5.78 Å². The zero-order chi connectivity index (χ0) is 20.5. The molecular weight excluding hydrogens is 428 g/mol. The highest BCUT2D eigenvalue weighted by atomic mass is 79.9. The first kappa shape index (κ1) is 19.5. The van der Waals surface area contributed by atoms with Crippen LogP contribution in [0, 0.1) is 20.8 Å². The second kappa shape index (κ2) is 7.88. The second-order valence-corrected chi connectivity index (χ2v) is 8.19. The van der Waals surface area contributed by atoms with Crippen LogP contribution in [-0.2, 0) is 6.61 Å². The molecule has 1 aliphatic rings. The first-order chi connectivity index (χ1) is 13.9. The lowest BCUT2D eigenvalue weighted by atomic mass is 10.1. The normalized spacial score (nSPS) is 14.1. The van der Waals surface area contributed by atoms with Gasteiger partial charge in [-0.1, -0.05) is 51.8 Å². The van der Waals surface area contributed by atoms with E-state index in [-0.39, 0.29) is 5.78 Å². The molecule has 3 nitrogen and oxygen atoms in total. The number of Topliss-reactive ketones (excluding diaryl/α,β-unsaturated/α-hetero) is 1. The van der Waals surface area contributed by atoms with Crippen LogP contribution in [0.25, 0.3) is 6.08 Å². The maximum atomic E-state index is 12.7. The first-order valence-corrected chi connectivity index (χ1v) is 10.2. The third-order valence-corrected chi connectivity index (χ3v) is 5.62. The summed E-state index contributed by atoms with van der Waals surface area (Å²) in [4.78, 5) is 12.7. The van der Waals surface area contributed by atoms with Crippen molar-refractivity contribution in [3.05, 3.63) is 98.2 Å². The lowest BCUT2D eigenvalue weighted by Gasteiger charge is -2.13. The quantitative estimate of drug-likeness (QED) is 0.423. The van der Waals surface area contributed by atoms with Crippen LogP contribution in [0.15, 0.2) is 64.8 Å². The van der Waals surface area contributed by atoms with Crippen LogP contribution in [0.1, 0.15) is 38.2 Å². The summed E-state index contributed by atoms with van der Waals surface area (Å²) in [5.74, 6) is 1.53. The number of benzene rings is 3. The minimum absolute atomic E-state index is 0.105. The van der Waals surface area contributed by atoms with Crippen molar-refractivity contribution in [1.82, 2.24) is 0 Å². The molecule has 1 heterocycles. The lowest BCUT2D eigenvalue weighted by molar-refractivity contribution is 0.101. The number of rotatable bonds is 4. The minimum Gasteiger partial charge on any atom is -0.488 e. The summed E-state index contributed by atoms with van der Waals surface area (Å²) in [5.41, 5.74) is 5.87. The fourth-order valence-corrected chi connectivity index (χ4v) is 3.61. The summed E-state index contributed by atoms with van der Waals surface area (Å²) in [6.07, 6.45) is 1.77. The summed E-state index contributed by atoms with van der Waals surface area (Å²) in [6.45, 7) is 6.55. The van der Waals surface area contributed by atoms with Gasteiger partial charge in [-0.2, -0.15) is 0 Å². The number of allylic oxidation sites excluding steroid dienone is 1. The molecule has 0 aliphatic carbocycles. The summed E-state index contributed by atoms with van der Waals surface area (Å²) in [6, 6.07) is 17.7. The van der Waals surface area contributed by atoms with Gasteiger partial charge in [0.05, 0.1) is 5.56 Å². The fraction of sp³-hybridized carbons (Fsp3) is 0.160. The van der Waals surface area contributed by atoms with Gasteiger partial charge in [0.25, 0.3) is 0 Å². The Hall–Kier alpha value is -2.85. The highest BCUT2D eigenvalue weighted by Gasteiger charge is 2.30. The molecule has 0 bridgehead atoms. The molecule has 0 unspecified atom stereocenters. The van der Waals surface area contributed by atoms with Gasteiger partial charge in [-0.3, -0.25) is 4.79 Å². The zero-order valence-electron chi connectivity index (χ0n) is 16.6. The molecular formula is C25H21BrO3. The number of ketones is 1. The lowest BCUT2D eigenvalue weighted by Crippen LogP contribution is -2.00. The smallest absolute Gasteiger partial charge is 0.231 e. The number of ether oxygens (including phenoxy) is 2. The van der Waals surface area contributed by atoms with Crippen LogP contribution in [0.5, 0.6) is 11.5 Å². The number of halogens is 1. The van der Waals surface area contributed by atoms with Crippen LogP contribution in [0.4, 0.5) is 0 Å². The van der Waals surface area contributed by atoms with Crippen molar-refractivity contribution in [3.63, 3.8) is 0 Å². The van der Waals surface area contributed by atoms with E-state index in [0.717, 1.165) is 26.9 Å². The van der Waals surface area contributed by atoms with E-state index in [1.54, 1.807) is 12.1 Å².